The molecule has 1 atom stereocenters. The maximum absolute atomic E-state index is 12.4. The van der Waals surface area contributed by atoms with Crippen LogP contribution in [0.15, 0.2) is 18.5 Å². The highest BCUT2D eigenvalue weighted by Gasteiger charge is 2.28. The summed E-state index contributed by atoms with van der Waals surface area (Å²) >= 11 is 0. The van der Waals surface area contributed by atoms with E-state index in [1.54, 1.807) is 18.5 Å². The van der Waals surface area contributed by atoms with Gasteiger partial charge >= 0.3 is 6.18 Å². The monoisotopic (exact) mass is 290 g/mol. The highest BCUT2D eigenvalue weighted by molar-refractivity contribution is 5.26. The Morgan fingerprint density at radius 2 is 2.00 bits per heavy atom. The van der Waals surface area contributed by atoms with E-state index in [1.807, 2.05) is 20.8 Å². The van der Waals surface area contributed by atoms with Gasteiger partial charge in [0.15, 0.2) is 0 Å². The molecule has 1 aromatic rings. The molecule has 0 amide bonds. The van der Waals surface area contributed by atoms with Crippen molar-refractivity contribution in [3.63, 3.8) is 0 Å². The number of nitrogens with one attached hydrogen (secondary N) is 1. The molecule has 0 radical (unpaired) electrons. The van der Waals surface area contributed by atoms with Crippen molar-refractivity contribution in [2.75, 3.05) is 6.54 Å². The number of hydrogen-bond acceptors (Lipinski definition) is 3. The number of hydrogen-bond donors (Lipinski definition) is 1. The average Bonchev–Trinajstić information content (AvgIpc) is 2.33. The number of ether oxygens (including phenoxy) is 1. The SMILES string of the molecule is CCNC(CCC(F)(F)F)c1cncc(OC(C)C)c1. The van der Waals surface area contributed by atoms with E-state index in [4.69, 9.17) is 4.74 Å². The van der Waals surface area contributed by atoms with Crippen LogP contribution in [0.5, 0.6) is 5.75 Å². The van der Waals surface area contributed by atoms with Crippen molar-refractivity contribution in [3.05, 3.63) is 24.0 Å². The third-order valence-electron chi connectivity index (χ3n) is 2.68. The topological polar surface area (TPSA) is 34.2 Å². The molecule has 6 heteroatoms. The summed E-state index contributed by atoms with van der Waals surface area (Å²) in [5.74, 6) is 0.576. The molecule has 20 heavy (non-hydrogen) atoms. The zero-order chi connectivity index (χ0) is 15.2. The largest absolute Gasteiger partial charge is 0.489 e. The minimum absolute atomic E-state index is 0.000176. The molecule has 1 unspecified atom stereocenters. The molecule has 0 aliphatic carbocycles. The minimum Gasteiger partial charge on any atom is -0.489 e. The lowest BCUT2D eigenvalue weighted by Crippen LogP contribution is -2.23. The van der Waals surface area contributed by atoms with Crippen molar-refractivity contribution >= 4 is 0 Å². The molecule has 114 valence electrons. The van der Waals surface area contributed by atoms with Crippen molar-refractivity contribution < 1.29 is 17.9 Å². The molecule has 0 aliphatic rings. The van der Waals surface area contributed by atoms with Crippen molar-refractivity contribution in [2.24, 2.45) is 0 Å². The number of nitrogens with zero attached hydrogens (tertiary/aromatic N) is 1. The van der Waals surface area contributed by atoms with E-state index in [1.165, 1.54) is 0 Å². The Hall–Kier alpha value is -1.30. The zero-order valence-electron chi connectivity index (χ0n) is 12.0. The van der Waals surface area contributed by atoms with Gasteiger partial charge in [0, 0.05) is 18.7 Å². The first kappa shape index (κ1) is 16.8. The number of alkyl halides is 3. The highest BCUT2D eigenvalue weighted by Crippen LogP contribution is 2.28. The molecule has 1 rings (SSSR count). The van der Waals surface area contributed by atoms with E-state index in [2.05, 4.69) is 10.3 Å². The number of pyridine rings is 1. The first-order valence-electron chi connectivity index (χ1n) is 6.73. The van der Waals surface area contributed by atoms with Crippen LogP contribution >= 0.6 is 0 Å². The van der Waals surface area contributed by atoms with Crippen LogP contribution in [-0.4, -0.2) is 23.8 Å². The molecular formula is C14H21F3N2O. The maximum atomic E-state index is 12.4. The van der Waals surface area contributed by atoms with Crippen LogP contribution in [0.4, 0.5) is 13.2 Å². The van der Waals surface area contributed by atoms with Crippen LogP contribution in [0.1, 0.15) is 45.2 Å². The molecular weight excluding hydrogens is 269 g/mol. The molecule has 0 bridgehead atoms. The van der Waals surface area contributed by atoms with E-state index < -0.39 is 12.6 Å². The van der Waals surface area contributed by atoms with Crippen LogP contribution in [0, 0.1) is 0 Å². The predicted octanol–water partition coefficient (Wildman–Crippen LogP) is 3.86. The van der Waals surface area contributed by atoms with Gasteiger partial charge in [-0.2, -0.15) is 13.2 Å². The number of aromatic nitrogens is 1. The summed E-state index contributed by atoms with van der Waals surface area (Å²) in [5, 5.41) is 3.06. The second-order valence-electron chi connectivity index (χ2n) is 4.88. The van der Waals surface area contributed by atoms with Gasteiger partial charge in [-0.05, 0) is 38.4 Å². The Morgan fingerprint density at radius 1 is 1.30 bits per heavy atom. The van der Waals surface area contributed by atoms with Gasteiger partial charge < -0.3 is 10.1 Å². The van der Waals surface area contributed by atoms with Gasteiger partial charge in [0.05, 0.1) is 12.3 Å². The van der Waals surface area contributed by atoms with Crippen molar-refractivity contribution in [1.29, 1.82) is 0 Å². The van der Waals surface area contributed by atoms with Crippen LogP contribution < -0.4 is 10.1 Å². The third kappa shape index (κ3) is 6.23. The molecule has 0 fully saturated rings. The summed E-state index contributed by atoms with van der Waals surface area (Å²) in [6.07, 6.45) is -1.83. The van der Waals surface area contributed by atoms with Gasteiger partial charge in [-0.25, -0.2) is 0 Å². The molecule has 0 saturated heterocycles. The van der Waals surface area contributed by atoms with Crippen LogP contribution in [-0.2, 0) is 0 Å². The second kappa shape index (κ2) is 7.47. The molecule has 3 nitrogen and oxygen atoms in total. The van der Waals surface area contributed by atoms with Crippen LogP contribution in [0.2, 0.25) is 0 Å². The van der Waals surface area contributed by atoms with Gasteiger partial charge in [0.25, 0.3) is 0 Å². The Labute approximate surface area is 117 Å². The summed E-state index contributed by atoms with van der Waals surface area (Å²) in [6.45, 7) is 6.23. The van der Waals surface area contributed by atoms with Gasteiger partial charge in [0.2, 0.25) is 0 Å². The predicted molar refractivity (Wildman–Crippen MR) is 71.7 cm³/mol. The summed E-state index contributed by atoms with van der Waals surface area (Å²) in [6, 6.07) is 1.38. The highest BCUT2D eigenvalue weighted by atomic mass is 19.4. The van der Waals surface area contributed by atoms with Crippen molar-refractivity contribution in [2.45, 2.75) is 51.9 Å². The molecule has 1 heterocycles. The first-order chi connectivity index (χ1) is 9.31. The molecule has 0 aromatic carbocycles. The first-order valence-corrected chi connectivity index (χ1v) is 6.73. The van der Waals surface area contributed by atoms with Gasteiger partial charge in [-0.15, -0.1) is 0 Å². The Morgan fingerprint density at radius 3 is 2.55 bits per heavy atom. The van der Waals surface area contributed by atoms with E-state index in [0.717, 1.165) is 0 Å². The van der Waals surface area contributed by atoms with E-state index in [9.17, 15) is 13.2 Å². The summed E-state index contributed by atoms with van der Waals surface area (Å²) < 4.78 is 42.6. The molecule has 1 aromatic heterocycles. The van der Waals surface area contributed by atoms with Crippen LogP contribution in [0.25, 0.3) is 0 Å². The Bertz CT molecular complexity index is 408. The maximum Gasteiger partial charge on any atom is 0.389 e. The van der Waals surface area contributed by atoms with E-state index in [-0.39, 0.29) is 18.6 Å². The number of halogens is 3. The Balaban J connectivity index is 2.80. The summed E-state index contributed by atoms with van der Waals surface area (Å²) in [4.78, 5) is 4.04. The number of rotatable bonds is 7. The fraction of sp³-hybridized carbons (Fsp3) is 0.643. The molecule has 0 spiro atoms. The fourth-order valence-electron chi connectivity index (χ4n) is 1.90. The second-order valence-corrected chi connectivity index (χ2v) is 4.88. The normalized spacial score (nSPS) is 13.6. The smallest absolute Gasteiger partial charge is 0.389 e. The van der Waals surface area contributed by atoms with Gasteiger partial charge in [0.1, 0.15) is 5.75 Å². The molecule has 1 N–H and O–H groups in total. The van der Waals surface area contributed by atoms with Crippen molar-refractivity contribution in [3.8, 4) is 5.75 Å². The standard InChI is InChI=1S/C14H21F3N2O/c1-4-19-13(5-6-14(15,16)17)11-7-12(9-18-8-11)20-10(2)3/h7-10,13,19H,4-6H2,1-3H3. The third-order valence-corrected chi connectivity index (χ3v) is 2.68. The van der Waals surface area contributed by atoms with Crippen molar-refractivity contribution in [1.82, 2.24) is 10.3 Å². The van der Waals surface area contributed by atoms with Gasteiger partial charge in [-0.1, -0.05) is 6.92 Å². The molecule has 0 saturated carbocycles. The average molecular weight is 290 g/mol. The fourth-order valence-corrected chi connectivity index (χ4v) is 1.90. The minimum atomic E-state index is -4.15. The quantitative estimate of drug-likeness (QED) is 0.828. The Kier molecular flexibility index (Phi) is 6.26. The molecule has 0 aliphatic heterocycles. The van der Waals surface area contributed by atoms with Gasteiger partial charge in [-0.3, -0.25) is 4.98 Å². The lowest BCUT2D eigenvalue weighted by molar-refractivity contribution is -0.136. The summed E-state index contributed by atoms with van der Waals surface area (Å²) in [7, 11) is 0. The lowest BCUT2D eigenvalue weighted by Gasteiger charge is -2.20. The lowest BCUT2D eigenvalue weighted by atomic mass is 10.0. The summed E-state index contributed by atoms with van der Waals surface area (Å²) in [5.41, 5.74) is 0.717. The van der Waals surface area contributed by atoms with E-state index in [0.29, 0.717) is 17.9 Å². The van der Waals surface area contributed by atoms with E-state index >= 15 is 0 Å². The van der Waals surface area contributed by atoms with Crippen LogP contribution in [0.3, 0.4) is 0 Å². The zero-order valence-corrected chi connectivity index (χ0v) is 12.0.